The number of carbonyl (C=O) groups is 1. The van der Waals surface area contributed by atoms with Crippen molar-refractivity contribution in [2.45, 2.75) is 6.42 Å². The van der Waals surface area contributed by atoms with E-state index in [1.165, 1.54) is 0 Å². The van der Waals surface area contributed by atoms with Gasteiger partial charge in [0.05, 0.1) is 6.33 Å². The summed E-state index contributed by atoms with van der Waals surface area (Å²) >= 11 is 0. The molecule has 0 saturated carbocycles. The van der Waals surface area contributed by atoms with E-state index in [1.54, 1.807) is 17.1 Å². The molecule has 1 aromatic rings. The minimum absolute atomic E-state index is 0.0548. The molecule has 0 radical (unpaired) electrons. The van der Waals surface area contributed by atoms with Gasteiger partial charge in [-0.25, -0.2) is 4.98 Å². The summed E-state index contributed by atoms with van der Waals surface area (Å²) in [5.74, 6) is 0.636. The molecule has 1 atom stereocenters. The maximum absolute atomic E-state index is 12.0. The number of hydrogen-bond donors (Lipinski definition) is 1. The zero-order valence-corrected chi connectivity index (χ0v) is 9.81. The molecule has 5 nitrogen and oxygen atoms in total. The first-order chi connectivity index (χ1) is 7.70. The second kappa shape index (κ2) is 4.65. The molecule has 1 unspecified atom stereocenters. The van der Waals surface area contributed by atoms with E-state index in [0.717, 1.165) is 26.1 Å². The smallest absolute Gasteiger partial charge is 0.274 e. The van der Waals surface area contributed by atoms with Gasteiger partial charge < -0.3 is 14.8 Å². The molecule has 1 N–H and O–H groups in total. The van der Waals surface area contributed by atoms with Crippen LogP contribution in [0.25, 0.3) is 0 Å². The molecule has 0 spiro atoms. The van der Waals surface area contributed by atoms with Crippen LogP contribution in [0.5, 0.6) is 0 Å². The maximum atomic E-state index is 12.0. The van der Waals surface area contributed by atoms with Crippen molar-refractivity contribution in [2.24, 2.45) is 13.0 Å². The van der Waals surface area contributed by atoms with E-state index >= 15 is 0 Å². The highest BCUT2D eigenvalue weighted by Gasteiger charge is 2.27. The normalized spacial score (nSPS) is 20.4. The van der Waals surface area contributed by atoms with Crippen molar-refractivity contribution in [3.63, 3.8) is 0 Å². The number of nitrogens with one attached hydrogen (secondary N) is 1. The minimum Gasteiger partial charge on any atom is -0.340 e. The molecule has 1 aromatic heterocycles. The van der Waals surface area contributed by atoms with Crippen LogP contribution >= 0.6 is 0 Å². The van der Waals surface area contributed by atoms with Crippen LogP contribution in [0.3, 0.4) is 0 Å². The third kappa shape index (κ3) is 2.24. The van der Waals surface area contributed by atoms with Crippen LogP contribution < -0.4 is 5.32 Å². The lowest BCUT2D eigenvalue weighted by molar-refractivity contribution is 0.0782. The number of aryl methyl sites for hydroxylation is 1. The van der Waals surface area contributed by atoms with Gasteiger partial charge in [-0.3, -0.25) is 4.79 Å². The number of nitrogens with zero attached hydrogens (tertiary/aromatic N) is 3. The predicted molar refractivity (Wildman–Crippen MR) is 61.1 cm³/mol. The molecule has 1 amide bonds. The number of aromatic nitrogens is 2. The van der Waals surface area contributed by atoms with E-state index in [0.29, 0.717) is 11.6 Å². The molecular weight excluding hydrogens is 204 g/mol. The Bertz CT molecular complexity index is 374. The maximum Gasteiger partial charge on any atom is 0.274 e. The van der Waals surface area contributed by atoms with Crippen molar-refractivity contribution in [3.05, 3.63) is 18.2 Å². The van der Waals surface area contributed by atoms with Crippen LogP contribution in [-0.2, 0) is 7.05 Å². The molecule has 1 aliphatic rings. The first-order valence-corrected chi connectivity index (χ1v) is 5.62. The van der Waals surface area contributed by atoms with Gasteiger partial charge in [0.15, 0.2) is 0 Å². The van der Waals surface area contributed by atoms with Crippen LogP contribution in [-0.4, -0.2) is 47.0 Å². The van der Waals surface area contributed by atoms with Crippen molar-refractivity contribution < 1.29 is 4.79 Å². The third-order valence-corrected chi connectivity index (χ3v) is 2.99. The standard InChI is InChI=1S/C11H18N4O/c1-12-5-9-3-4-15(6-9)11(16)10-7-14(2)8-13-10/h7-9,12H,3-6H2,1-2H3. The highest BCUT2D eigenvalue weighted by Crippen LogP contribution is 2.17. The topological polar surface area (TPSA) is 50.2 Å². The molecule has 2 rings (SSSR count). The monoisotopic (exact) mass is 222 g/mol. The first kappa shape index (κ1) is 11.1. The average Bonchev–Trinajstić information content (AvgIpc) is 2.87. The van der Waals surface area contributed by atoms with Crippen molar-refractivity contribution >= 4 is 5.91 Å². The Morgan fingerprint density at radius 2 is 2.50 bits per heavy atom. The molecule has 1 saturated heterocycles. The van der Waals surface area contributed by atoms with Gasteiger partial charge in [-0.1, -0.05) is 0 Å². The van der Waals surface area contributed by atoms with Crippen molar-refractivity contribution in [1.29, 1.82) is 0 Å². The quantitative estimate of drug-likeness (QED) is 0.789. The number of rotatable bonds is 3. The predicted octanol–water partition coefficient (Wildman–Crippen LogP) is 0.102. The fourth-order valence-corrected chi connectivity index (χ4v) is 2.16. The van der Waals surface area contributed by atoms with Crippen LogP contribution in [0.1, 0.15) is 16.9 Å². The second-order valence-electron chi connectivity index (χ2n) is 4.39. The van der Waals surface area contributed by atoms with Gasteiger partial charge in [-0.2, -0.15) is 0 Å². The minimum atomic E-state index is 0.0548. The number of imidazole rings is 1. The average molecular weight is 222 g/mol. The SMILES string of the molecule is CNCC1CCN(C(=O)c2cn(C)cn2)C1. The summed E-state index contributed by atoms with van der Waals surface area (Å²) in [7, 11) is 3.82. The van der Waals surface area contributed by atoms with E-state index in [4.69, 9.17) is 0 Å². The van der Waals surface area contributed by atoms with Crippen molar-refractivity contribution in [2.75, 3.05) is 26.7 Å². The van der Waals surface area contributed by atoms with Crippen LogP contribution in [0.2, 0.25) is 0 Å². The summed E-state index contributed by atoms with van der Waals surface area (Å²) in [6.07, 6.45) is 4.52. The van der Waals surface area contributed by atoms with Gasteiger partial charge in [-0.15, -0.1) is 0 Å². The van der Waals surface area contributed by atoms with Crippen LogP contribution in [0.15, 0.2) is 12.5 Å². The molecule has 1 aliphatic heterocycles. The Balaban J connectivity index is 1.97. The van der Waals surface area contributed by atoms with E-state index in [-0.39, 0.29) is 5.91 Å². The lowest BCUT2D eigenvalue weighted by Gasteiger charge is -2.14. The van der Waals surface area contributed by atoms with Gasteiger partial charge in [0.2, 0.25) is 0 Å². The third-order valence-electron chi connectivity index (χ3n) is 2.99. The first-order valence-electron chi connectivity index (χ1n) is 5.62. The lowest BCUT2D eigenvalue weighted by Crippen LogP contribution is -2.30. The lowest BCUT2D eigenvalue weighted by atomic mass is 10.1. The van der Waals surface area contributed by atoms with Crippen molar-refractivity contribution in [1.82, 2.24) is 19.8 Å². The van der Waals surface area contributed by atoms with E-state index < -0.39 is 0 Å². The summed E-state index contributed by atoms with van der Waals surface area (Å²) in [4.78, 5) is 18.0. The number of hydrogen-bond acceptors (Lipinski definition) is 3. The second-order valence-corrected chi connectivity index (χ2v) is 4.39. The Morgan fingerprint density at radius 1 is 1.69 bits per heavy atom. The largest absolute Gasteiger partial charge is 0.340 e. The molecule has 5 heteroatoms. The Kier molecular flexibility index (Phi) is 3.24. The summed E-state index contributed by atoms with van der Waals surface area (Å²) in [6, 6.07) is 0. The zero-order valence-electron chi connectivity index (χ0n) is 9.81. The fraction of sp³-hybridized carbons (Fsp3) is 0.636. The highest BCUT2D eigenvalue weighted by molar-refractivity contribution is 5.92. The number of amides is 1. The summed E-state index contributed by atoms with van der Waals surface area (Å²) in [5, 5.41) is 3.16. The summed E-state index contributed by atoms with van der Waals surface area (Å²) in [6.45, 7) is 2.67. The van der Waals surface area contributed by atoms with E-state index in [1.807, 2.05) is 19.0 Å². The van der Waals surface area contributed by atoms with Gasteiger partial charge in [0, 0.05) is 26.3 Å². The van der Waals surface area contributed by atoms with Gasteiger partial charge in [0.1, 0.15) is 5.69 Å². The van der Waals surface area contributed by atoms with Gasteiger partial charge in [-0.05, 0) is 25.9 Å². The molecule has 0 aromatic carbocycles. The van der Waals surface area contributed by atoms with Crippen molar-refractivity contribution in [3.8, 4) is 0 Å². The zero-order chi connectivity index (χ0) is 11.5. The molecule has 0 aliphatic carbocycles. The van der Waals surface area contributed by atoms with Crippen LogP contribution in [0, 0.1) is 5.92 Å². The molecule has 16 heavy (non-hydrogen) atoms. The van der Waals surface area contributed by atoms with Crippen LogP contribution in [0.4, 0.5) is 0 Å². The Hall–Kier alpha value is -1.36. The Labute approximate surface area is 95.5 Å². The molecule has 1 fully saturated rings. The number of likely N-dealkylation sites (tertiary alicyclic amines) is 1. The molecule has 88 valence electrons. The molecule has 0 bridgehead atoms. The van der Waals surface area contributed by atoms with E-state index in [2.05, 4.69) is 10.3 Å². The van der Waals surface area contributed by atoms with E-state index in [9.17, 15) is 4.79 Å². The number of carbonyl (C=O) groups excluding carboxylic acids is 1. The van der Waals surface area contributed by atoms with Gasteiger partial charge in [0.25, 0.3) is 5.91 Å². The fourth-order valence-electron chi connectivity index (χ4n) is 2.16. The molecule has 2 heterocycles. The molecular formula is C11H18N4O. The van der Waals surface area contributed by atoms with Gasteiger partial charge >= 0.3 is 0 Å². The Morgan fingerprint density at radius 3 is 3.12 bits per heavy atom. The highest BCUT2D eigenvalue weighted by atomic mass is 16.2. The summed E-state index contributed by atoms with van der Waals surface area (Å²) < 4.78 is 1.80. The summed E-state index contributed by atoms with van der Waals surface area (Å²) in [5.41, 5.74) is 0.549.